The van der Waals surface area contributed by atoms with Gasteiger partial charge in [0.15, 0.2) is 0 Å². The fraction of sp³-hybridized carbons (Fsp3) is 0.786. The van der Waals surface area contributed by atoms with Crippen LogP contribution in [0, 0.1) is 0 Å². The predicted molar refractivity (Wildman–Crippen MR) is 74.6 cm³/mol. The Hall–Kier alpha value is -1.59. The molecule has 0 aromatic carbocycles. The molecular weight excluding hydrogens is 256 g/mol. The van der Waals surface area contributed by atoms with Crippen molar-refractivity contribution in [1.29, 1.82) is 0 Å². The first-order chi connectivity index (χ1) is 9.51. The van der Waals surface area contributed by atoms with Crippen molar-refractivity contribution in [3.63, 3.8) is 0 Å². The number of carbonyl (C=O) groups excluding carboxylic acids is 1. The molecule has 0 spiro atoms. The summed E-state index contributed by atoms with van der Waals surface area (Å²) in [7, 11) is 0. The van der Waals surface area contributed by atoms with E-state index in [9.17, 15) is 4.79 Å². The molecule has 1 unspecified atom stereocenters. The summed E-state index contributed by atoms with van der Waals surface area (Å²) < 4.78 is 5.81. The highest BCUT2D eigenvalue weighted by molar-refractivity contribution is 5.82. The maximum atomic E-state index is 12.1. The van der Waals surface area contributed by atoms with E-state index in [-0.39, 0.29) is 11.3 Å². The summed E-state index contributed by atoms with van der Waals surface area (Å²) in [6.07, 6.45) is 3.11. The number of fused-ring (bicyclic) bond motifs is 1. The number of aromatic nitrogens is 2. The molecule has 2 fully saturated rings. The molecule has 3 heterocycles. The summed E-state index contributed by atoms with van der Waals surface area (Å²) >= 11 is 0. The average Bonchev–Trinajstić information content (AvgIpc) is 3.07. The lowest BCUT2D eigenvalue weighted by Crippen LogP contribution is -2.53. The van der Waals surface area contributed by atoms with Crippen LogP contribution in [-0.2, 0) is 10.2 Å². The molecule has 1 aromatic rings. The highest BCUT2D eigenvalue weighted by Crippen LogP contribution is 2.29. The van der Waals surface area contributed by atoms with Crippen molar-refractivity contribution < 1.29 is 9.21 Å². The minimum Gasteiger partial charge on any atom is -0.407 e. The molecule has 110 valence electrons. The molecule has 0 bridgehead atoms. The van der Waals surface area contributed by atoms with E-state index in [1.165, 1.54) is 0 Å². The normalized spacial score (nSPS) is 23.4. The van der Waals surface area contributed by atoms with Crippen LogP contribution >= 0.6 is 0 Å². The molecular formula is C14H22N4O2. The van der Waals surface area contributed by atoms with Crippen molar-refractivity contribution in [2.45, 2.75) is 51.5 Å². The third-order valence-electron chi connectivity index (χ3n) is 4.60. The van der Waals surface area contributed by atoms with Gasteiger partial charge in [-0.1, -0.05) is 25.9 Å². The third kappa shape index (κ3) is 2.17. The molecule has 2 aliphatic heterocycles. The monoisotopic (exact) mass is 278 g/mol. The van der Waals surface area contributed by atoms with Crippen molar-refractivity contribution in [3.05, 3.63) is 5.89 Å². The van der Waals surface area contributed by atoms with Crippen LogP contribution in [0.2, 0.25) is 0 Å². The molecule has 2 saturated heterocycles. The fourth-order valence-corrected chi connectivity index (χ4v) is 2.84. The van der Waals surface area contributed by atoms with Gasteiger partial charge in [-0.05, 0) is 19.3 Å². The van der Waals surface area contributed by atoms with Crippen molar-refractivity contribution in [2.24, 2.45) is 0 Å². The number of anilines is 1. The standard InChI is InChI=1S/C14H22N4O2/c1-4-14(2,3)12-15-16-13(20-12)17-8-10-6-5-7-18(10)11(19)9-17/h10H,4-9H2,1-3H3. The molecule has 0 saturated carbocycles. The Bertz CT molecular complexity index is 511. The van der Waals surface area contributed by atoms with Crippen molar-refractivity contribution in [3.8, 4) is 0 Å². The lowest BCUT2D eigenvalue weighted by molar-refractivity contribution is -0.132. The molecule has 20 heavy (non-hydrogen) atoms. The minimum absolute atomic E-state index is 0.121. The molecule has 3 rings (SSSR count). The first kappa shape index (κ1) is 13.4. The Morgan fingerprint density at radius 2 is 2.20 bits per heavy atom. The number of nitrogens with zero attached hydrogens (tertiary/aromatic N) is 4. The van der Waals surface area contributed by atoms with Crippen LogP contribution in [0.4, 0.5) is 6.01 Å². The van der Waals surface area contributed by atoms with Gasteiger partial charge in [-0.3, -0.25) is 4.79 Å². The summed E-state index contributed by atoms with van der Waals surface area (Å²) in [5.74, 6) is 0.824. The van der Waals surface area contributed by atoms with Gasteiger partial charge in [0.2, 0.25) is 11.8 Å². The maximum Gasteiger partial charge on any atom is 0.318 e. The molecule has 1 atom stereocenters. The predicted octanol–water partition coefficient (Wildman–Crippen LogP) is 1.57. The number of hydrogen-bond donors (Lipinski definition) is 0. The van der Waals surface area contributed by atoms with Crippen molar-refractivity contribution in [2.75, 3.05) is 24.5 Å². The van der Waals surface area contributed by atoms with E-state index in [0.717, 1.165) is 32.4 Å². The lowest BCUT2D eigenvalue weighted by Gasteiger charge is -2.36. The van der Waals surface area contributed by atoms with Gasteiger partial charge in [0.1, 0.15) is 6.54 Å². The van der Waals surface area contributed by atoms with Gasteiger partial charge in [0.25, 0.3) is 0 Å². The van der Waals surface area contributed by atoms with E-state index < -0.39 is 0 Å². The van der Waals surface area contributed by atoms with Crippen LogP contribution in [-0.4, -0.2) is 46.7 Å². The van der Waals surface area contributed by atoms with E-state index in [4.69, 9.17) is 4.42 Å². The Kier molecular flexibility index (Phi) is 3.18. The topological polar surface area (TPSA) is 62.5 Å². The maximum absolute atomic E-state index is 12.1. The van der Waals surface area contributed by atoms with Gasteiger partial charge in [0, 0.05) is 24.5 Å². The molecule has 6 nitrogen and oxygen atoms in total. The molecule has 2 aliphatic rings. The highest BCUT2D eigenvalue weighted by atomic mass is 16.4. The number of amides is 1. The van der Waals surface area contributed by atoms with Gasteiger partial charge < -0.3 is 14.2 Å². The van der Waals surface area contributed by atoms with E-state index in [1.54, 1.807) is 0 Å². The second-order valence-corrected chi connectivity index (χ2v) is 6.39. The Morgan fingerprint density at radius 1 is 1.40 bits per heavy atom. The van der Waals surface area contributed by atoms with Gasteiger partial charge in [-0.2, -0.15) is 0 Å². The summed E-state index contributed by atoms with van der Waals surface area (Å²) in [5, 5.41) is 8.30. The Balaban J connectivity index is 1.78. The van der Waals surface area contributed by atoms with E-state index in [0.29, 0.717) is 24.5 Å². The summed E-state index contributed by atoms with van der Waals surface area (Å²) in [6.45, 7) is 8.33. The van der Waals surface area contributed by atoms with Gasteiger partial charge >= 0.3 is 6.01 Å². The zero-order valence-corrected chi connectivity index (χ0v) is 12.4. The van der Waals surface area contributed by atoms with Gasteiger partial charge in [-0.25, -0.2) is 0 Å². The molecule has 6 heteroatoms. The number of rotatable bonds is 3. The molecule has 0 aliphatic carbocycles. The van der Waals surface area contributed by atoms with Crippen LogP contribution in [0.1, 0.15) is 45.9 Å². The van der Waals surface area contributed by atoms with Crippen LogP contribution in [0.5, 0.6) is 0 Å². The third-order valence-corrected chi connectivity index (χ3v) is 4.60. The Morgan fingerprint density at radius 3 is 2.95 bits per heavy atom. The minimum atomic E-state index is -0.121. The summed E-state index contributed by atoms with van der Waals surface area (Å²) in [5.41, 5.74) is -0.121. The molecule has 1 amide bonds. The van der Waals surface area contributed by atoms with E-state index in [1.807, 2.05) is 9.80 Å². The molecule has 1 aromatic heterocycles. The largest absolute Gasteiger partial charge is 0.407 e. The Labute approximate surface area is 119 Å². The van der Waals surface area contributed by atoms with E-state index in [2.05, 4.69) is 31.0 Å². The number of hydrogen-bond acceptors (Lipinski definition) is 5. The van der Waals surface area contributed by atoms with Crippen LogP contribution < -0.4 is 4.90 Å². The number of piperazine rings is 1. The van der Waals surface area contributed by atoms with Gasteiger partial charge in [-0.15, -0.1) is 5.10 Å². The SMILES string of the molecule is CCC(C)(C)c1nnc(N2CC(=O)N3CCCC3C2)o1. The van der Waals surface area contributed by atoms with Crippen molar-refractivity contribution in [1.82, 2.24) is 15.1 Å². The number of carbonyl (C=O) groups is 1. The first-order valence-electron chi connectivity index (χ1n) is 7.39. The summed E-state index contributed by atoms with van der Waals surface area (Å²) in [6, 6.07) is 0.798. The lowest BCUT2D eigenvalue weighted by atomic mass is 9.90. The fourth-order valence-electron chi connectivity index (χ4n) is 2.84. The molecule has 0 N–H and O–H groups in total. The second-order valence-electron chi connectivity index (χ2n) is 6.39. The van der Waals surface area contributed by atoms with Crippen LogP contribution in [0.3, 0.4) is 0 Å². The quantitative estimate of drug-likeness (QED) is 0.839. The zero-order valence-electron chi connectivity index (χ0n) is 12.4. The van der Waals surface area contributed by atoms with Crippen LogP contribution in [0.25, 0.3) is 0 Å². The first-order valence-corrected chi connectivity index (χ1v) is 7.39. The second kappa shape index (κ2) is 4.75. The smallest absolute Gasteiger partial charge is 0.318 e. The molecule has 0 radical (unpaired) electrons. The highest BCUT2D eigenvalue weighted by Gasteiger charge is 2.37. The average molecular weight is 278 g/mol. The van der Waals surface area contributed by atoms with Gasteiger partial charge in [0.05, 0.1) is 0 Å². The van der Waals surface area contributed by atoms with Crippen molar-refractivity contribution >= 4 is 11.9 Å². The zero-order chi connectivity index (χ0) is 14.3. The van der Waals surface area contributed by atoms with Crippen LogP contribution in [0.15, 0.2) is 4.42 Å². The summed E-state index contributed by atoms with van der Waals surface area (Å²) in [4.78, 5) is 16.0. The van der Waals surface area contributed by atoms with E-state index >= 15 is 0 Å².